The zero-order valence-electron chi connectivity index (χ0n) is 22.0. The molecule has 0 N–H and O–H groups in total. The first-order chi connectivity index (χ1) is 18.2. The molecule has 1 aromatic heterocycles. The maximum Gasteiger partial charge on any atom is 0.338 e. The van der Waals surface area contributed by atoms with Crippen LogP contribution in [-0.4, -0.2) is 29.7 Å². The Morgan fingerprint density at radius 1 is 1.13 bits per heavy atom. The van der Waals surface area contributed by atoms with Gasteiger partial charge in [-0.05, 0) is 49.1 Å². The van der Waals surface area contributed by atoms with E-state index in [1.807, 2.05) is 57.2 Å². The Balaban J connectivity index is 1.93. The summed E-state index contributed by atoms with van der Waals surface area (Å²) in [5.41, 5.74) is 1.95. The van der Waals surface area contributed by atoms with E-state index in [4.69, 9.17) is 14.2 Å². The van der Waals surface area contributed by atoms with Crippen molar-refractivity contribution in [3.63, 3.8) is 0 Å². The predicted molar refractivity (Wildman–Crippen MR) is 145 cm³/mol. The molecule has 4 rings (SSSR count). The molecule has 0 bridgehead atoms. The molecule has 1 unspecified atom stereocenters. The summed E-state index contributed by atoms with van der Waals surface area (Å²) < 4.78 is 18.7. The number of carbonyl (C=O) groups is 2. The third-order valence-corrected chi connectivity index (χ3v) is 6.71. The van der Waals surface area contributed by atoms with Crippen molar-refractivity contribution >= 4 is 29.4 Å². The molecule has 0 saturated carbocycles. The Labute approximate surface area is 224 Å². The van der Waals surface area contributed by atoms with Gasteiger partial charge < -0.3 is 14.2 Å². The van der Waals surface area contributed by atoms with Crippen molar-refractivity contribution in [3.05, 3.63) is 90.6 Å². The Morgan fingerprint density at radius 2 is 1.87 bits per heavy atom. The van der Waals surface area contributed by atoms with E-state index in [2.05, 4.69) is 4.99 Å². The summed E-state index contributed by atoms with van der Waals surface area (Å²) in [4.78, 5) is 43.9. The molecule has 0 aliphatic carbocycles. The fourth-order valence-electron chi connectivity index (χ4n) is 4.12. The third-order valence-electron chi connectivity index (χ3n) is 5.72. The van der Waals surface area contributed by atoms with Gasteiger partial charge in [-0.25, -0.2) is 9.79 Å². The lowest BCUT2D eigenvalue weighted by Crippen LogP contribution is -2.40. The van der Waals surface area contributed by atoms with E-state index < -0.39 is 18.0 Å². The Morgan fingerprint density at radius 3 is 2.53 bits per heavy atom. The first kappa shape index (κ1) is 27.1. The van der Waals surface area contributed by atoms with Crippen LogP contribution in [0, 0.1) is 5.92 Å². The van der Waals surface area contributed by atoms with Crippen molar-refractivity contribution in [1.82, 2.24) is 4.57 Å². The van der Waals surface area contributed by atoms with Gasteiger partial charge in [0.15, 0.2) is 16.3 Å². The monoisotopic (exact) mass is 534 g/mol. The molecule has 1 aliphatic heterocycles. The highest BCUT2D eigenvalue weighted by Crippen LogP contribution is 2.36. The summed E-state index contributed by atoms with van der Waals surface area (Å²) in [7, 11) is 0. The lowest BCUT2D eigenvalue weighted by atomic mass is 9.95. The standard InChI is InChI=1S/C29H30N2O6S/c1-6-35-23-15-21(12-13-22(23)37-19(5)32)26-25(28(34)36-16-17(2)3)18(4)30-29-31(26)27(33)24(38-29)14-20-10-8-7-9-11-20/h7-15,17,26H,6,16H2,1-5H3. The van der Waals surface area contributed by atoms with E-state index >= 15 is 0 Å². The van der Waals surface area contributed by atoms with Gasteiger partial charge in [-0.1, -0.05) is 61.6 Å². The molecule has 2 aromatic carbocycles. The van der Waals surface area contributed by atoms with Gasteiger partial charge in [0, 0.05) is 6.92 Å². The number of allylic oxidation sites excluding steroid dienone is 1. The van der Waals surface area contributed by atoms with E-state index in [1.54, 1.807) is 25.1 Å². The minimum Gasteiger partial charge on any atom is -0.490 e. The van der Waals surface area contributed by atoms with Crippen LogP contribution < -0.4 is 24.4 Å². The Kier molecular flexibility index (Phi) is 8.26. The van der Waals surface area contributed by atoms with Crippen LogP contribution in [0.5, 0.6) is 11.5 Å². The first-order valence-electron chi connectivity index (χ1n) is 12.4. The molecular formula is C29H30N2O6S. The van der Waals surface area contributed by atoms with Crippen molar-refractivity contribution in [2.24, 2.45) is 10.9 Å². The van der Waals surface area contributed by atoms with Gasteiger partial charge in [-0.15, -0.1) is 0 Å². The number of hydrogen-bond acceptors (Lipinski definition) is 8. The van der Waals surface area contributed by atoms with E-state index in [0.29, 0.717) is 33.0 Å². The van der Waals surface area contributed by atoms with Gasteiger partial charge in [0.25, 0.3) is 5.56 Å². The topological polar surface area (TPSA) is 96.2 Å². The quantitative estimate of drug-likeness (QED) is 0.323. The van der Waals surface area contributed by atoms with Crippen LogP contribution in [-0.2, 0) is 14.3 Å². The number of nitrogens with zero attached hydrogens (tertiary/aromatic N) is 2. The lowest BCUT2D eigenvalue weighted by molar-refractivity contribution is -0.140. The molecule has 1 aliphatic rings. The molecule has 0 fully saturated rings. The number of ether oxygens (including phenoxy) is 3. The predicted octanol–water partition coefficient (Wildman–Crippen LogP) is 3.76. The molecule has 0 amide bonds. The summed E-state index contributed by atoms with van der Waals surface area (Å²) in [6.45, 7) is 9.33. The van der Waals surface area contributed by atoms with E-state index in [9.17, 15) is 14.4 Å². The average molecular weight is 535 g/mol. The summed E-state index contributed by atoms with van der Waals surface area (Å²) in [5, 5.41) is 0. The van der Waals surface area contributed by atoms with Crippen molar-refractivity contribution in [3.8, 4) is 11.5 Å². The number of hydrogen-bond donors (Lipinski definition) is 0. The molecule has 1 atom stereocenters. The van der Waals surface area contributed by atoms with Crippen LogP contribution in [0.15, 0.2) is 69.6 Å². The highest BCUT2D eigenvalue weighted by molar-refractivity contribution is 7.07. The highest BCUT2D eigenvalue weighted by atomic mass is 32.1. The number of esters is 2. The Bertz CT molecular complexity index is 1570. The summed E-state index contributed by atoms with van der Waals surface area (Å²) in [6.07, 6.45) is 1.81. The van der Waals surface area contributed by atoms with Crippen LogP contribution in [0.3, 0.4) is 0 Å². The largest absolute Gasteiger partial charge is 0.490 e. The molecule has 0 saturated heterocycles. The molecule has 8 nitrogen and oxygen atoms in total. The fraction of sp³-hybridized carbons (Fsp3) is 0.310. The summed E-state index contributed by atoms with van der Waals surface area (Å²) in [6, 6.07) is 13.7. The number of carbonyl (C=O) groups excluding carboxylic acids is 2. The van der Waals surface area contributed by atoms with Crippen LogP contribution in [0.1, 0.15) is 51.8 Å². The van der Waals surface area contributed by atoms with Crippen molar-refractivity contribution in [1.29, 1.82) is 0 Å². The van der Waals surface area contributed by atoms with Crippen LogP contribution in [0.25, 0.3) is 6.08 Å². The molecule has 0 spiro atoms. The second-order valence-corrected chi connectivity index (χ2v) is 10.2. The molecule has 0 radical (unpaired) electrons. The molecule has 198 valence electrons. The maximum atomic E-state index is 13.8. The van der Waals surface area contributed by atoms with Gasteiger partial charge in [-0.2, -0.15) is 0 Å². The summed E-state index contributed by atoms with van der Waals surface area (Å²) in [5.74, 6) is -0.302. The number of fused-ring (bicyclic) bond motifs is 1. The number of thiazole rings is 1. The highest BCUT2D eigenvalue weighted by Gasteiger charge is 2.34. The minimum absolute atomic E-state index is 0.137. The summed E-state index contributed by atoms with van der Waals surface area (Å²) >= 11 is 1.26. The lowest BCUT2D eigenvalue weighted by Gasteiger charge is -2.25. The van der Waals surface area contributed by atoms with E-state index in [1.165, 1.54) is 22.8 Å². The molecule has 38 heavy (non-hydrogen) atoms. The molecule has 3 aromatic rings. The second-order valence-electron chi connectivity index (χ2n) is 9.22. The van der Waals surface area contributed by atoms with Gasteiger partial charge in [0.2, 0.25) is 0 Å². The van der Waals surface area contributed by atoms with Gasteiger partial charge in [0.05, 0.1) is 35.1 Å². The van der Waals surface area contributed by atoms with Crippen molar-refractivity contribution < 1.29 is 23.8 Å². The zero-order chi connectivity index (χ0) is 27.4. The zero-order valence-corrected chi connectivity index (χ0v) is 22.8. The number of benzene rings is 2. The minimum atomic E-state index is -0.811. The first-order valence-corrected chi connectivity index (χ1v) is 13.2. The normalized spacial score (nSPS) is 15.2. The van der Waals surface area contributed by atoms with Crippen molar-refractivity contribution in [2.45, 2.75) is 40.7 Å². The SMILES string of the molecule is CCOc1cc(C2C(C(=O)OCC(C)C)=C(C)N=c3sc(=Cc4ccccc4)c(=O)n32)ccc1OC(C)=O. The number of aromatic nitrogens is 1. The molecular weight excluding hydrogens is 504 g/mol. The van der Waals surface area contributed by atoms with Gasteiger partial charge >= 0.3 is 11.9 Å². The smallest absolute Gasteiger partial charge is 0.338 e. The van der Waals surface area contributed by atoms with E-state index in [0.717, 1.165) is 5.56 Å². The molecule has 9 heteroatoms. The van der Waals surface area contributed by atoms with Crippen LogP contribution in [0.4, 0.5) is 0 Å². The average Bonchev–Trinajstić information content (AvgIpc) is 3.17. The third kappa shape index (κ3) is 5.78. The van der Waals surface area contributed by atoms with Crippen LogP contribution >= 0.6 is 11.3 Å². The second kappa shape index (κ2) is 11.6. The number of rotatable bonds is 8. The van der Waals surface area contributed by atoms with E-state index in [-0.39, 0.29) is 29.4 Å². The maximum absolute atomic E-state index is 13.8. The van der Waals surface area contributed by atoms with Crippen LogP contribution in [0.2, 0.25) is 0 Å². The van der Waals surface area contributed by atoms with Gasteiger partial charge in [0.1, 0.15) is 0 Å². The fourth-order valence-corrected chi connectivity index (χ4v) is 5.17. The Hall–Kier alpha value is -3.98. The molecule has 2 heterocycles. The van der Waals surface area contributed by atoms with Gasteiger partial charge in [-0.3, -0.25) is 14.2 Å². The van der Waals surface area contributed by atoms with Crippen molar-refractivity contribution in [2.75, 3.05) is 13.2 Å².